The normalized spacial score (nSPS) is 12.2. The lowest BCUT2D eigenvalue weighted by Crippen LogP contribution is -2.32. The number of carbonyl (C=O) groups is 1. The van der Waals surface area contributed by atoms with Crippen molar-refractivity contribution in [3.05, 3.63) is 28.8 Å². The molecule has 1 amide bonds. The van der Waals surface area contributed by atoms with E-state index in [0.717, 1.165) is 12.8 Å². The lowest BCUT2D eigenvalue weighted by Gasteiger charge is -2.14. The molecule has 18 heavy (non-hydrogen) atoms. The predicted molar refractivity (Wildman–Crippen MR) is 74.2 cm³/mol. The van der Waals surface area contributed by atoms with Crippen LogP contribution in [0.2, 0.25) is 5.02 Å². The van der Waals surface area contributed by atoms with E-state index in [9.17, 15) is 9.90 Å². The molecule has 3 nitrogen and oxygen atoms in total. The number of carbonyl (C=O) groups excluding carboxylic acids is 1. The quantitative estimate of drug-likeness (QED) is 0.773. The molecule has 0 heterocycles. The molecule has 0 saturated heterocycles. The Morgan fingerprint density at radius 1 is 1.44 bits per heavy atom. The summed E-state index contributed by atoms with van der Waals surface area (Å²) in [6, 6.07) is 4.61. The van der Waals surface area contributed by atoms with Gasteiger partial charge in [-0.05, 0) is 31.5 Å². The van der Waals surface area contributed by atoms with Crippen LogP contribution in [0.25, 0.3) is 0 Å². The molecule has 0 aliphatic carbocycles. The number of aromatic hydroxyl groups is 1. The second kappa shape index (κ2) is 7.27. The SMILES string of the molecule is CCCCCC(C)NC(=O)c1ccc(Cl)cc1O. The van der Waals surface area contributed by atoms with Crippen LogP contribution >= 0.6 is 11.6 Å². The van der Waals surface area contributed by atoms with Crippen LogP contribution < -0.4 is 5.32 Å². The summed E-state index contributed by atoms with van der Waals surface area (Å²) < 4.78 is 0. The lowest BCUT2D eigenvalue weighted by atomic mass is 10.1. The molecule has 1 unspecified atom stereocenters. The Morgan fingerprint density at radius 3 is 2.78 bits per heavy atom. The van der Waals surface area contributed by atoms with Crippen LogP contribution in [-0.2, 0) is 0 Å². The van der Waals surface area contributed by atoms with Crippen molar-refractivity contribution in [2.75, 3.05) is 0 Å². The Bertz CT molecular complexity index is 407. The number of nitrogens with one attached hydrogen (secondary N) is 1. The minimum absolute atomic E-state index is 0.0826. The molecule has 0 aliphatic heterocycles. The van der Waals surface area contributed by atoms with Gasteiger partial charge in [0.15, 0.2) is 0 Å². The second-order valence-electron chi connectivity index (χ2n) is 4.53. The van der Waals surface area contributed by atoms with Gasteiger partial charge < -0.3 is 10.4 Å². The molecule has 2 N–H and O–H groups in total. The van der Waals surface area contributed by atoms with Crippen LogP contribution in [-0.4, -0.2) is 17.1 Å². The van der Waals surface area contributed by atoms with Gasteiger partial charge in [0.25, 0.3) is 5.91 Å². The highest BCUT2D eigenvalue weighted by atomic mass is 35.5. The largest absolute Gasteiger partial charge is 0.507 e. The monoisotopic (exact) mass is 269 g/mol. The van der Waals surface area contributed by atoms with Crippen molar-refractivity contribution in [1.29, 1.82) is 0 Å². The Hall–Kier alpha value is -1.22. The molecular weight excluding hydrogens is 250 g/mol. The third-order valence-corrected chi connectivity index (χ3v) is 3.06. The van der Waals surface area contributed by atoms with E-state index < -0.39 is 0 Å². The number of halogens is 1. The summed E-state index contributed by atoms with van der Waals surface area (Å²) in [6.45, 7) is 4.12. The van der Waals surface area contributed by atoms with E-state index in [2.05, 4.69) is 12.2 Å². The van der Waals surface area contributed by atoms with E-state index in [4.69, 9.17) is 11.6 Å². The Balaban J connectivity index is 2.54. The van der Waals surface area contributed by atoms with Crippen molar-refractivity contribution in [2.24, 2.45) is 0 Å². The van der Waals surface area contributed by atoms with Crippen molar-refractivity contribution >= 4 is 17.5 Å². The number of phenols is 1. The molecule has 0 radical (unpaired) electrons. The average molecular weight is 270 g/mol. The third-order valence-electron chi connectivity index (χ3n) is 2.82. The van der Waals surface area contributed by atoms with E-state index in [1.165, 1.54) is 25.0 Å². The average Bonchev–Trinajstić information content (AvgIpc) is 2.28. The van der Waals surface area contributed by atoms with Crippen molar-refractivity contribution in [3.63, 3.8) is 0 Å². The number of unbranched alkanes of at least 4 members (excludes halogenated alkanes) is 2. The number of phenolic OH excluding ortho intramolecular Hbond substituents is 1. The van der Waals surface area contributed by atoms with Gasteiger partial charge in [0.05, 0.1) is 5.56 Å². The zero-order chi connectivity index (χ0) is 13.5. The Kier molecular flexibility index (Phi) is 5.99. The first-order valence-electron chi connectivity index (χ1n) is 6.34. The molecular formula is C14H20ClNO2. The number of hydrogen-bond acceptors (Lipinski definition) is 2. The van der Waals surface area contributed by atoms with Crippen LogP contribution in [0, 0.1) is 0 Å². The first-order chi connectivity index (χ1) is 8.54. The molecule has 4 heteroatoms. The molecule has 1 aromatic carbocycles. The standard InChI is InChI=1S/C14H20ClNO2/c1-3-4-5-6-10(2)16-14(18)12-8-7-11(15)9-13(12)17/h7-10,17H,3-6H2,1-2H3,(H,16,18). The first-order valence-corrected chi connectivity index (χ1v) is 6.71. The second-order valence-corrected chi connectivity index (χ2v) is 4.97. The lowest BCUT2D eigenvalue weighted by molar-refractivity contribution is 0.0935. The summed E-state index contributed by atoms with van der Waals surface area (Å²) in [5.74, 6) is -0.339. The minimum atomic E-state index is -0.256. The number of amides is 1. The van der Waals surface area contributed by atoms with E-state index in [-0.39, 0.29) is 23.3 Å². The highest BCUT2D eigenvalue weighted by Gasteiger charge is 2.13. The fraction of sp³-hybridized carbons (Fsp3) is 0.500. The fourth-order valence-electron chi connectivity index (χ4n) is 1.77. The highest BCUT2D eigenvalue weighted by Crippen LogP contribution is 2.21. The van der Waals surface area contributed by atoms with Crippen molar-refractivity contribution in [1.82, 2.24) is 5.32 Å². The molecule has 0 bridgehead atoms. The summed E-state index contributed by atoms with van der Waals surface area (Å²) in [7, 11) is 0. The minimum Gasteiger partial charge on any atom is -0.507 e. The van der Waals surface area contributed by atoms with E-state index in [1.54, 1.807) is 6.07 Å². The van der Waals surface area contributed by atoms with Gasteiger partial charge in [-0.25, -0.2) is 0 Å². The topological polar surface area (TPSA) is 49.3 Å². The van der Waals surface area contributed by atoms with E-state index in [0.29, 0.717) is 5.02 Å². The summed E-state index contributed by atoms with van der Waals surface area (Å²) >= 11 is 5.72. The van der Waals surface area contributed by atoms with Crippen LogP contribution in [0.4, 0.5) is 0 Å². The van der Waals surface area contributed by atoms with Crippen molar-refractivity contribution in [2.45, 2.75) is 45.6 Å². The molecule has 100 valence electrons. The summed E-state index contributed by atoms with van der Waals surface area (Å²) in [6.07, 6.45) is 4.39. The highest BCUT2D eigenvalue weighted by molar-refractivity contribution is 6.30. The van der Waals surface area contributed by atoms with Gasteiger partial charge in [0.2, 0.25) is 0 Å². The maximum absolute atomic E-state index is 11.9. The molecule has 0 aliphatic rings. The van der Waals surface area contributed by atoms with Crippen LogP contribution in [0.3, 0.4) is 0 Å². The van der Waals surface area contributed by atoms with Crippen molar-refractivity contribution in [3.8, 4) is 5.75 Å². The van der Waals surface area contributed by atoms with E-state index in [1.807, 2.05) is 6.92 Å². The van der Waals surface area contributed by atoms with E-state index >= 15 is 0 Å². The van der Waals surface area contributed by atoms with Gasteiger partial charge in [-0.2, -0.15) is 0 Å². The molecule has 0 saturated carbocycles. The molecule has 0 aromatic heterocycles. The molecule has 1 aromatic rings. The Labute approximate surface area is 113 Å². The van der Waals surface area contributed by atoms with Crippen molar-refractivity contribution < 1.29 is 9.90 Å². The van der Waals surface area contributed by atoms with Crippen LogP contribution in [0.15, 0.2) is 18.2 Å². The van der Waals surface area contributed by atoms with Gasteiger partial charge in [0.1, 0.15) is 5.75 Å². The van der Waals surface area contributed by atoms with Crippen LogP contribution in [0.1, 0.15) is 49.9 Å². The summed E-state index contributed by atoms with van der Waals surface area (Å²) in [4.78, 5) is 11.9. The van der Waals surface area contributed by atoms with Gasteiger partial charge in [-0.15, -0.1) is 0 Å². The third kappa shape index (κ3) is 4.57. The van der Waals surface area contributed by atoms with Crippen LogP contribution in [0.5, 0.6) is 5.75 Å². The van der Waals surface area contributed by atoms with Gasteiger partial charge in [0, 0.05) is 11.1 Å². The van der Waals surface area contributed by atoms with Gasteiger partial charge >= 0.3 is 0 Å². The molecule has 0 spiro atoms. The zero-order valence-electron chi connectivity index (χ0n) is 10.9. The predicted octanol–water partition coefficient (Wildman–Crippen LogP) is 3.74. The zero-order valence-corrected chi connectivity index (χ0v) is 11.6. The number of benzene rings is 1. The number of hydrogen-bond donors (Lipinski definition) is 2. The summed E-state index contributed by atoms with van der Waals surface area (Å²) in [5, 5.41) is 12.9. The molecule has 0 fully saturated rings. The Morgan fingerprint density at radius 2 is 2.17 bits per heavy atom. The van der Waals surface area contributed by atoms with Gasteiger partial charge in [-0.3, -0.25) is 4.79 Å². The number of rotatable bonds is 6. The maximum atomic E-state index is 11.9. The maximum Gasteiger partial charge on any atom is 0.255 e. The first kappa shape index (κ1) is 14.8. The fourth-order valence-corrected chi connectivity index (χ4v) is 1.94. The smallest absolute Gasteiger partial charge is 0.255 e. The molecule has 1 atom stereocenters. The molecule has 1 rings (SSSR count). The van der Waals surface area contributed by atoms with Gasteiger partial charge in [-0.1, -0.05) is 37.8 Å². The summed E-state index contributed by atoms with van der Waals surface area (Å²) in [5.41, 5.74) is 0.266.